The topological polar surface area (TPSA) is 43.8 Å². The molecule has 0 unspecified atom stereocenters. The maximum absolute atomic E-state index is 10.6. The first-order chi connectivity index (χ1) is 8.56. The normalized spacial score (nSPS) is 15.2. The maximum atomic E-state index is 10.6. The lowest BCUT2D eigenvalue weighted by molar-refractivity contribution is -0.137. The zero-order valence-electron chi connectivity index (χ0n) is 11.0. The third kappa shape index (κ3) is 3.01. The van der Waals surface area contributed by atoms with Gasteiger partial charge in [0.15, 0.2) is 0 Å². The number of hydrogen-bond donors (Lipinski definition) is 1. The van der Waals surface area contributed by atoms with Gasteiger partial charge in [0.05, 0.1) is 6.42 Å². The first kappa shape index (κ1) is 12.9. The maximum Gasteiger partial charge on any atom is 0.304 e. The Hall–Kier alpha value is -1.55. The average Bonchev–Trinajstić information content (AvgIpc) is 2.35. The molecule has 1 aromatic rings. The lowest BCUT2D eigenvalue weighted by atomic mass is 9.99. The predicted molar refractivity (Wildman–Crippen MR) is 72.0 cm³/mol. The molecule has 1 aliphatic heterocycles. The molecule has 0 atom stereocenters. The van der Waals surface area contributed by atoms with Gasteiger partial charge in [-0.3, -0.25) is 9.69 Å². The van der Waals surface area contributed by atoms with Crippen LogP contribution in [0.5, 0.6) is 0 Å². The second kappa shape index (κ2) is 5.40. The molecule has 98 valence electrons. The van der Waals surface area contributed by atoms with E-state index in [0.717, 1.165) is 19.5 Å². The van der Waals surface area contributed by atoms with Crippen molar-refractivity contribution < 1.29 is 9.90 Å². The summed E-state index contributed by atoms with van der Waals surface area (Å²) < 4.78 is 0. The largest absolute Gasteiger partial charge is 0.481 e. The van der Waals surface area contributed by atoms with Crippen molar-refractivity contribution in [3.63, 3.8) is 0 Å². The van der Waals surface area contributed by atoms with E-state index >= 15 is 0 Å². The molecule has 4 nitrogen and oxygen atoms in total. The molecule has 0 aliphatic carbocycles. The SMILES string of the molecule is CN(C)c1ccc2c(c1)CN(CCC(=O)O)CC2. The van der Waals surface area contributed by atoms with Crippen molar-refractivity contribution in [3.05, 3.63) is 29.3 Å². The van der Waals surface area contributed by atoms with E-state index < -0.39 is 5.97 Å². The lowest BCUT2D eigenvalue weighted by Gasteiger charge is -2.29. The van der Waals surface area contributed by atoms with E-state index in [1.165, 1.54) is 16.8 Å². The van der Waals surface area contributed by atoms with Crippen LogP contribution in [0.4, 0.5) is 5.69 Å². The van der Waals surface area contributed by atoms with Crippen molar-refractivity contribution in [1.82, 2.24) is 4.90 Å². The van der Waals surface area contributed by atoms with E-state index in [2.05, 4.69) is 28.0 Å². The van der Waals surface area contributed by atoms with Gasteiger partial charge in [-0.25, -0.2) is 0 Å². The molecule has 2 rings (SSSR count). The number of hydrogen-bond acceptors (Lipinski definition) is 3. The lowest BCUT2D eigenvalue weighted by Crippen LogP contribution is -2.32. The molecule has 0 saturated heterocycles. The van der Waals surface area contributed by atoms with Gasteiger partial charge >= 0.3 is 5.97 Å². The molecule has 0 spiro atoms. The molecule has 1 heterocycles. The molecule has 0 radical (unpaired) electrons. The number of rotatable bonds is 4. The van der Waals surface area contributed by atoms with Gasteiger partial charge in [-0.05, 0) is 29.7 Å². The number of carbonyl (C=O) groups is 1. The van der Waals surface area contributed by atoms with Crippen LogP contribution in [0.2, 0.25) is 0 Å². The van der Waals surface area contributed by atoms with Crippen LogP contribution in [0.1, 0.15) is 17.5 Å². The Morgan fingerprint density at radius 1 is 1.39 bits per heavy atom. The van der Waals surface area contributed by atoms with Gasteiger partial charge in [0, 0.05) is 39.4 Å². The van der Waals surface area contributed by atoms with Crippen LogP contribution in [0.15, 0.2) is 18.2 Å². The molecule has 4 heteroatoms. The second-order valence-electron chi connectivity index (χ2n) is 5.02. The van der Waals surface area contributed by atoms with Crippen molar-refractivity contribution >= 4 is 11.7 Å². The number of benzene rings is 1. The van der Waals surface area contributed by atoms with Crippen molar-refractivity contribution in [2.24, 2.45) is 0 Å². The Bertz CT molecular complexity index is 443. The Kier molecular flexibility index (Phi) is 3.87. The highest BCUT2D eigenvalue weighted by Crippen LogP contribution is 2.23. The minimum Gasteiger partial charge on any atom is -0.481 e. The van der Waals surface area contributed by atoms with Gasteiger partial charge in [-0.2, -0.15) is 0 Å². The monoisotopic (exact) mass is 248 g/mol. The van der Waals surface area contributed by atoms with E-state index in [4.69, 9.17) is 5.11 Å². The summed E-state index contributed by atoms with van der Waals surface area (Å²) in [4.78, 5) is 14.9. The molecule has 0 bridgehead atoms. The van der Waals surface area contributed by atoms with Gasteiger partial charge in [-0.1, -0.05) is 6.07 Å². The molecule has 1 N–H and O–H groups in total. The third-order valence-electron chi connectivity index (χ3n) is 3.44. The summed E-state index contributed by atoms with van der Waals surface area (Å²) in [5.41, 5.74) is 3.93. The number of anilines is 1. The molecule has 0 fully saturated rings. The smallest absolute Gasteiger partial charge is 0.304 e. The highest BCUT2D eigenvalue weighted by Gasteiger charge is 2.17. The van der Waals surface area contributed by atoms with Gasteiger partial charge in [0.1, 0.15) is 0 Å². The molecule has 0 amide bonds. The number of fused-ring (bicyclic) bond motifs is 1. The summed E-state index contributed by atoms with van der Waals surface area (Å²) in [6.07, 6.45) is 1.24. The third-order valence-corrected chi connectivity index (χ3v) is 3.44. The summed E-state index contributed by atoms with van der Waals surface area (Å²) in [5.74, 6) is -0.720. The van der Waals surface area contributed by atoms with Crippen molar-refractivity contribution in [1.29, 1.82) is 0 Å². The van der Waals surface area contributed by atoms with Crippen LogP contribution in [0, 0.1) is 0 Å². The van der Waals surface area contributed by atoms with Gasteiger partial charge in [0.25, 0.3) is 0 Å². The van der Waals surface area contributed by atoms with Gasteiger partial charge in [-0.15, -0.1) is 0 Å². The zero-order chi connectivity index (χ0) is 13.1. The standard InChI is InChI=1S/C14H20N2O2/c1-15(2)13-4-3-11-5-7-16(8-6-14(17)18)10-12(11)9-13/h3-4,9H,5-8,10H2,1-2H3,(H,17,18). The number of carboxylic acids is 1. The van der Waals surface area contributed by atoms with Crippen LogP contribution < -0.4 is 4.90 Å². The summed E-state index contributed by atoms with van der Waals surface area (Å²) in [6.45, 7) is 2.47. The fourth-order valence-corrected chi connectivity index (χ4v) is 2.32. The van der Waals surface area contributed by atoms with Crippen LogP contribution in [-0.2, 0) is 17.8 Å². The van der Waals surface area contributed by atoms with E-state index in [1.807, 2.05) is 14.1 Å². The fraction of sp³-hybridized carbons (Fsp3) is 0.500. The Morgan fingerprint density at radius 3 is 2.83 bits per heavy atom. The minimum atomic E-state index is -0.720. The number of aliphatic carboxylic acids is 1. The molecule has 18 heavy (non-hydrogen) atoms. The summed E-state index contributed by atoms with van der Waals surface area (Å²) in [7, 11) is 4.07. The van der Waals surface area contributed by atoms with Crippen LogP contribution in [-0.4, -0.2) is 43.2 Å². The highest BCUT2D eigenvalue weighted by molar-refractivity contribution is 5.66. The van der Waals surface area contributed by atoms with Crippen LogP contribution >= 0.6 is 0 Å². The van der Waals surface area contributed by atoms with Crippen LogP contribution in [0.25, 0.3) is 0 Å². The van der Waals surface area contributed by atoms with Crippen molar-refractivity contribution in [2.45, 2.75) is 19.4 Å². The Labute approximate surface area is 108 Å². The van der Waals surface area contributed by atoms with E-state index in [-0.39, 0.29) is 6.42 Å². The molecular formula is C14H20N2O2. The summed E-state index contributed by atoms with van der Waals surface area (Å²) in [5, 5.41) is 8.72. The molecule has 1 aliphatic rings. The average molecular weight is 248 g/mol. The Balaban J connectivity index is 2.07. The first-order valence-corrected chi connectivity index (χ1v) is 6.29. The minimum absolute atomic E-state index is 0.225. The quantitative estimate of drug-likeness (QED) is 0.878. The van der Waals surface area contributed by atoms with Crippen LogP contribution in [0.3, 0.4) is 0 Å². The zero-order valence-corrected chi connectivity index (χ0v) is 11.0. The summed E-state index contributed by atoms with van der Waals surface area (Å²) in [6, 6.07) is 6.55. The van der Waals surface area contributed by atoms with Gasteiger partial charge < -0.3 is 10.0 Å². The van der Waals surface area contributed by atoms with E-state index in [0.29, 0.717) is 6.54 Å². The highest BCUT2D eigenvalue weighted by atomic mass is 16.4. The first-order valence-electron chi connectivity index (χ1n) is 6.29. The number of nitrogens with zero attached hydrogens (tertiary/aromatic N) is 2. The summed E-state index contributed by atoms with van der Waals surface area (Å²) >= 11 is 0. The van der Waals surface area contributed by atoms with Crippen molar-refractivity contribution in [2.75, 3.05) is 32.1 Å². The second-order valence-corrected chi connectivity index (χ2v) is 5.02. The fourth-order valence-electron chi connectivity index (χ4n) is 2.32. The Morgan fingerprint density at radius 2 is 2.17 bits per heavy atom. The van der Waals surface area contributed by atoms with Crippen molar-refractivity contribution in [3.8, 4) is 0 Å². The number of carboxylic acid groups (broad SMARTS) is 1. The van der Waals surface area contributed by atoms with E-state index in [1.54, 1.807) is 0 Å². The van der Waals surface area contributed by atoms with Gasteiger partial charge in [0.2, 0.25) is 0 Å². The predicted octanol–water partition coefficient (Wildman–Crippen LogP) is 1.59. The molecule has 0 saturated carbocycles. The molecular weight excluding hydrogens is 228 g/mol. The van der Waals surface area contributed by atoms with E-state index in [9.17, 15) is 4.79 Å². The molecule has 0 aromatic heterocycles. The molecule has 1 aromatic carbocycles.